The summed E-state index contributed by atoms with van der Waals surface area (Å²) in [6, 6.07) is 7.73. The van der Waals surface area contributed by atoms with Gasteiger partial charge in [-0.1, -0.05) is 17.7 Å². The van der Waals surface area contributed by atoms with Crippen LogP contribution in [0.5, 0.6) is 0 Å². The third-order valence-electron chi connectivity index (χ3n) is 2.95. The molecule has 1 fully saturated rings. The zero-order chi connectivity index (χ0) is 10.8. The van der Waals surface area contributed by atoms with E-state index in [1.807, 2.05) is 31.2 Å². The Hall–Kier alpha value is -0.670. The Morgan fingerprint density at radius 2 is 1.93 bits per heavy atom. The Kier molecular flexibility index (Phi) is 3.22. The van der Waals surface area contributed by atoms with Crippen LogP contribution in [0.2, 0.25) is 0 Å². The second kappa shape index (κ2) is 4.45. The van der Waals surface area contributed by atoms with Gasteiger partial charge in [0.15, 0.2) is 0 Å². The lowest BCUT2D eigenvalue weighted by molar-refractivity contribution is 0.186. The van der Waals surface area contributed by atoms with Gasteiger partial charge < -0.3 is 5.11 Å². The molecule has 3 heteroatoms. The molecule has 1 aliphatic rings. The molecule has 82 valence electrons. The predicted molar refractivity (Wildman–Crippen MR) is 61.2 cm³/mol. The quantitative estimate of drug-likeness (QED) is 0.834. The second-order valence-corrected chi connectivity index (χ2v) is 5.82. The van der Waals surface area contributed by atoms with Gasteiger partial charge in [0.05, 0.1) is 22.2 Å². The molecule has 0 aliphatic heterocycles. The summed E-state index contributed by atoms with van der Waals surface area (Å²) in [4.78, 5) is 0.839. The molecular formula is C12H16O2S. The summed E-state index contributed by atoms with van der Waals surface area (Å²) in [7, 11) is -1.05. The van der Waals surface area contributed by atoms with Crippen LogP contribution in [0.4, 0.5) is 0 Å². The molecule has 0 aromatic heterocycles. The van der Waals surface area contributed by atoms with Crippen LogP contribution in [0.25, 0.3) is 0 Å². The molecule has 3 atom stereocenters. The Labute approximate surface area is 92.8 Å². The minimum absolute atomic E-state index is 0.0623. The number of rotatable bonds is 2. The molecule has 1 saturated carbocycles. The molecular weight excluding hydrogens is 208 g/mol. The number of aryl methyl sites for hydroxylation is 1. The summed E-state index contributed by atoms with van der Waals surface area (Å²) in [5, 5.41) is 9.62. The van der Waals surface area contributed by atoms with Crippen molar-refractivity contribution in [2.24, 2.45) is 0 Å². The Bertz CT molecular complexity index is 358. The number of benzene rings is 1. The average Bonchev–Trinajstić information content (AvgIpc) is 2.65. The smallest absolute Gasteiger partial charge is 0.0687 e. The summed E-state index contributed by atoms with van der Waals surface area (Å²) in [6.07, 6.45) is 2.28. The molecule has 0 amide bonds. The van der Waals surface area contributed by atoms with Crippen molar-refractivity contribution in [2.75, 3.05) is 0 Å². The number of aliphatic hydroxyl groups is 1. The van der Waals surface area contributed by atoms with Crippen molar-refractivity contribution >= 4 is 10.8 Å². The average molecular weight is 224 g/mol. The first-order valence-corrected chi connectivity index (χ1v) is 6.55. The molecule has 15 heavy (non-hydrogen) atoms. The van der Waals surface area contributed by atoms with E-state index in [2.05, 4.69) is 0 Å². The Morgan fingerprint density at radius 3 is 2.47 bits per heavy atom. The lowest BCUT2D eigenvalue weighted by Crippen LogP contribution is -2.24. The minimum Gasteiger partial charge on any atom is -0.392 e. The maximum atomic E-state index is 12.1. The van der Waals surface area contributed by atoms with Crippen LogP contribution in [0.15, 0.2) is 29.2 Å². The third kappa shape index (κ3) is 2.29. The van der Waals surface area contributed by atoms with Gasteiger partial charge in [-0.05, 0) is 38.3 Å². The van der Waals surface area contributed by atoms with Crippen molar-refractivity contribution in [1.82, 2.24) is 0 Å². The van der Waals surface area contributed by atoms with Crippen LogP contribution in [-0.2, 0) is 10.8 Å². The lowest BCUT2D eigenvalue weighted by Gasteiger charge is -2.13. The lowest BCUT2D eigenvalue weighted by atomic mass is 10.2. The topological polar surface area (TPSA) is 37.3 Å². The van der Waals surface area contributed by atoms with E-state index in [1.165, 1.54) is 5.56 Å². The highest BCUT2D eigenvalue weighted by Crippen LogP contribution is 2.27. The zero-order valence-corrected chi connectivity index (χ0v) is 9.67. The number of aliphatic hydroxyl groups excluding tert-OH is 1. The van der Waals surface area contributed by atoms with Crippen molar-refractivity contribution in [3.05, 3.63) is 29.8 Å². The molecule has 1 aromatic rings. The SMILES string of the molecule is Cc1ccc(S(=O)C2CCCC2O)cc1. The fourth-order valence-electron chi connectivity index (χ4n) is 2.00. The summed E-state index contributed by atoms with van der Waals surface area (Å²) < 4.78 is 12.1. The first kappa shape index (κ1) is 10.8. The monoisotopic (exact) mass is 224 g/mol. The normalized spacial score (nSPS) is 27.9. The van der Waals surface area contributed by atoms with E-state index in [1.54, 1.807) is 0 Å². The van der Waals surface area contributed by atoms with Crippen molar-refractivity contribution < 1.29 is 9.32 Å². The van der Waals surface area contributed by atoms with Gasteiger partial charge >= 0.3 is 0 Å². The van der Waals surface area contributed by atoms with E-state index >= 15 is 0 Å². The molecule has 1 N–H and O–H groups in total. The maximum Gasteiger partial charge on any atom is 0.0687 e. The van der Waals surface area contributed by atoms with Gasteiger partial charge in [-0.25, -0.2) is 0 Å². The van der Waals surface area contributed by atoms with Crippen LogP contribution >= 0.6 is 0 Å². The van der Waals surface area contributed by atoms with Crippen LogP contribution in [0, 0.1) is 6.92 Å². The van der Waals surface area contributed by atoms with Gasteiger partial charge in [0.1, 0.15) is 0 Å². The molecule has 0 saturated heterocycles. The van der Waals surface area contributed by atoms with Crippen molar-refractivity contribution in [2.45, 2.75) is 42.4 Å². The largest absolute Gasteiger partial charge is 0.392 e. The summed E-state index contributed by atoms with van der Waals surface area (Å²) in [5.74, 6) is 0. The van der Waals surface area contributed by atoms with Gasteiger partial charge in [-0.15, -0.1) is 0 Å². The minimum atomic E-state index is -1.05. The maximum absolute atomic E-state index is 12.1. The summed E-state index contributed by atoms with van der Waals surface area (Å²) in [5.41, 5.74) is 1.17. The zero-order valence-electron chi connectivity index (χ0n) is 8.85. The van der Waals surface area contributed by atoms with Crippen LogP contribution in [0.3, 0.4) is 0 Å². The molecule has 2 nitrogen and oxygen atoms in total. The predicted octanol–water partition coefficient (Wildman–Crippen LogP) is 2.02. The van der Waals surface area contributed by atoms with E-state index in [0.717, 1.165) is 24.2 Å². The third-order valence-corrected chi connectivity index (χ3v) is 4.78. The fourth-order valence-corrected chi connectivity index (χ4v) is 3.56. The van der Waals surface area contributed by atoms with Crippen LogP contribution < -0.4 is 0 Å². The van der Waals surface area contributed by atoms with Crippen LogP contribution in [0.1, 0.15) is 24.8 Å². The van der Waals surface area contributed by atoms with E-state index < -0.39 is 10.8 Å². The van der Waals surface area contributed by atoms with Crippen molar-refractivity contribution in [3.8, 4) is 0 Å². The fraction of sp³-hybridized carbons (Fsp3) is 0.500. The summed E-state index contributed by atoms with van der Waals surface area (Å²) in [6.45, 7) is 2.01. The molecule has 1 aliphatic carbocycles. The highest BCUT2D eigenvalue weighted by molar-refractivity contribution is 7.85. The molecule has 0 radical (unpaired) electrons. The van der Waals surface area contributed by atoms with Crippen molar-refractivity contribution in [1.29, 1.82) is 0 Å². The number of hydrogen-bond donors (Lipinski definition) is 1. The molecule has 1 aromatic carbocycles. The standard InChI is InChI=1S/C12H16O2S/c1-9-5-7-10(8-6-9)15(14)12-4-2-3-11(12)13/h5-8,11-13H,2-4H2,1H3. The van der Waals surface area contributed by atoms with Gasteiger partial charge in [-0.3, -0.25) is 4.21 Å². The summed E-state index contributed by atoms with van der Waals surface area (Å²) >= 11 is 0. The Morgan fingerprint density at radius 1 is 1.27 bits per heavy atom. The molecule has 0 heterocycles. The highest BCUT2D eigenvalue weighted by atomic mass is 32.2. The number of hydrogen-bond acceptors (Lipinski definition) is 2. The van der Waals surface area contributed by atoms with E-state index in [9.17, 15) is 9.32 Å². The Balaban J connectivity index is 2.17. The molecule has 0 spiro atoms. The van der Waals surface area contributed by atoms with E-state index in [0.29, 0.717) is 0 Å². The van der Waals surface area contributed by atoms with Gasteiger partial charge in [0.2, 0.25) is 0 Å². The molecule has 2 rings (SSSR count). The van der Waals surface area contributed by atoms with Gasteiger partial charge in [-0.2, -0.15) is 0 Å². The van der Waals surface area contributed by atoms with E-state index in [-0.39, 0.29) is 11.4 Å². The first-order chi connectivity index (χ1) is 7.18. The van der Waals surface area contributed by atoms with Gasteiger partial charge in [0.25, 0.3) is 0 Å². The van der Waals surface area contributed by atoms with Crippen LogP contribution in [-0.4, -0.2) is 20.7 Å². The second-order valence-electron chi connectivity index (χ2n) is 4.15. The highest BCUT2D eigenvalue weighted by Gasteiger charge is 2.30. The van der Waals surface area contributed by atoms with E-state index in [4.69, 9.17) is 0 Å². The molecule has 3 unspecified atom stereocenters. The van der Waals surface area contributed by atoms with Crippen molar-refractivity contribution in [3.63, 3.8) is 0 Å². The molecule has 0 bridgehead atoms. The van der Waals surface area contributed by atoms with Gasteiger partial charge in [0, 0.05) is 4.90 Å². The first-order valence-electron chi connectivity index (χ1n) is 5.34.